The van der Waals surface area contributed by atoms with Gasteiger partial charge >= 0.3 is 11.8 Å². The number of imidazole rings is 1. The molecule has 0 radical (unpaired) electrons. The lowest BCUT2D eigenvalue weighted by Gasteiger charge is -2.33. The van der Waals surface area contributed by atoms with Crippen LogP contribution in [0.25, 0.3) is 11.0 Å². The fourth-order valence-corrected chi connectivity index (χ4v) is 3.07. The normalized spacial score (nSPS) is 16.7. The smallest absolute Gasteiger partial charge is 0.410 e. The van der Waals surface area contributed by atoms with Crippen molar-refractivity contribution in [3.05, 3.63) is 34.7 Å². The average Bonchev–Trinajstić information content (AvgIpc) is 2.81. The summed E-state index contributed by atoms with van der Waals surface area (Å²) in [4.78, 5) is 29.0. The first-order chi connectivity index (χ1) is 10.8. The molecule has 0 saturated carbocycles. The van der Waals surface area contributed by atoms with Crippen LogP contribution in [0.4, 0.5) is 4.79 Å². The number of hydrogen-bond acceptors (Lipinski definition) is 3. The number of nitrogens with one attached hydrogen (secondary N) is 1. The number of H-pyrrole nitrogens is 1. The molecule has 126 valence electrons. The Hall–Kier alpha value is -2.24. The Morgan fingerprint density at radius 1 is 1.26 bits per heavy atom. The third-order valence-corrected chi connectivity index (χ3v) is 4.11. The number of hydrogen-bond donors (Lipinski definition) is 1. The number of para-hydroxylation sites is 2. The maximum atomic E-state index is 12.2. The van der Waals surface area contributed by atoms with Gasteiger partial charge in [-0.1, -0.05) is 12.1 Å². The summed E-state index contributed by atoms with van der Waals surface area (Å²) in [6.45, 7) is 6.80. The number of fused-ring (bicyclic) bond motifs is 1. The number of benzene rings is 1. The number of rotatable bonds is 1. The highest BCUT2D eigenvalue weighted by Crippen LogP contribution is 2.25. The molecule has 1 N–H and O–H groups in total. The second kappa shape index (κ2) is 5.76. The van der Waals surface area contributed by atoms with Crippen LogP contribution in [0.5, 0.6) is 0 Å². The Balaban J connectivity index is 0.00000208. The van der Waals surface area contributed by atoms with Crippen LogP contribution in [0, 0.1) is 0 Å². The zero-order valence-electron chi connectivity index (χ0n) is 13.8. The molecule has 1 amide bonds. The standard InChI is InChI=1S/C17H23N3O3.H2/c1-17(2,3)23-16(22)19-10-8-12(9-11-19)20-14-7-5-4-6-13(14)18-15(20)21;/h4-7,12H,8-11H2,1-3H3,(H,18,21);1H. The molecule has 0 unspecified atom stereocenters. The van der Waals surface area contributed by atoms with Crippen LogP contribution in [-0.4, -0.2) is 39.2 Å². The average molecular weight is 319 g/mol. The van der Waals surface area contributed by atoms with E-state index in [0.29, 0.717) is 13.1 Å². The summed E-state index contributed by atoms with van der Waals surface area (Å²) in [7, 11) is 0. The van der Waals surface area contributed by atoms with E-state index in [1.807, 2.05) is 49.6 Å². The maximum Gasteiger partial charge on any atom is 0.410 e. The van der Waals surface area contributed by atoms with E-state index in [4.69, 9.17) is 4.74 Å². The summed E-state index contributed by atoms with van der Waals surface area (Å²) in [6, 6.07) is 7.81. The van der Waals surface area contributed by atoms with E-state index in [1.165, 1.54) is 0 Å². The molecule has 1 aliphatic rings. The first-order valence-corrected chi connectivity index (χ1v) is 8.02. The lowest BCUT2D eigenvalue weighted by molar-refractivity contribution is 0.0189. The van der Waals surface area contributed by atoms with Crippen molar-refractivity contribution in [2.45, 2.75) is 45.3 Å². The highest BCUT2D eigenvalue weighted by molar-refractivity contribution is 5.75. The van der Waals surface area contributed by atoms with Crippen molar-refractivity contribution in [1.29, 1.82) is 0 Å². The number of aromatic nitrogens is 2. The number of carbonyl (C=O) groups is 1. The van der Waals surface area contributed by atoms with E-state index in [-0.39, 0.29) is 19.3 Å². The van der Waals surface area contributed by atoms with Gasteiger partial charge in [0, 0.05) is 20.6 Å². The van der Waals surface area contributed by atoms with Crippen molar-refractivity contribution in [3.63, 3.8) is 0 Å². The molecule has 2 aromatic rings. The fourth-order valence-electron chi connectivity index (χ4n) is 3.07. The van der Waals surface area contributed by atoms with Gasteiger partial charge in [0.1, 0.15) is 5.60 Å². The SMILES string of the molecule is CC(C)(C)OC(=O)N1CCC(n2c(=O)[nH]c3ccccc32)CC1.[HH]. The lowest BCUT2D eigenvalue weighted by Crippen LogP contribution is -2.43. The molecule has 1 aromatic heterocycles. The Morgan fingerprint density at radius 3 is 2.57 bits per heavy atom. The number of likely N-dealkylation sites (tertiary alicyclic amines) is 1. The molecule has 1 saturated heterocycles. The first-order valence-electron chi connectivity index (χ1n) is 8.02. The third kappa shape index (κ3) is 3.25. The monoisotopic (exact) mass is 319 g/mol. The minimum atomic E-state index is -0.484. The zero-order chi connectivity index (χ0) is 16.6. The topological polar surface area (TPSA) is 67.3 Å². The van der Waals surface area contributed by atoms with Crippen LogP contribution < -0.4 is 5.69 Å². The summed E-state index contributed by atoms with van der Waals surface area (Å²) < 4.78 is 7.23. The van der Waals surface area contributed by atoms with E-state index >= 15 is 0 Å². The van der Waals surface area contributed by atoms with Crippen molar-refractivity contribution >= 4 is 17.1 Å². The van der Waals surface area contributed by atoms with Gasteiger partial charge in [0.25, 0.3) is 0 Å². The molecule has 0 atom stereocenters. The molecule has 2 heterocycles. The largest absolute Gasteiger partial charge is 0.444 e. The van der Waals surface area contributed by atoms with Crippen LogP contribution >= 0.6 is 0 Å². The number of amides is 1. The minimum Gasteiger partial charge on any atom is -0.444 e. The molecule has 6 nitrogen and oxygen atoms in total. The van der Waals surface area contributed by atoms with Crippen LogP contribution in [-0.2, 0) is 4.74 Å². The molecular weight excluding hydrogens is 294 g/mol. The highest BCUT2D eigenvalue weighted by Gasteiger charge is 2.28. The molecule has 0 spiro atoms. The molecule has 1 aromatic carbocycles. The summed E-state index contributed by atoms with van der Waals surface area (Å²) >= 11 is 0. The van der Waals surface area contributed by atoms with Crippen molar-refractivity contribution in [2.24, 2.45) is 0 Å². The van der Waals surface area contributed by atoms with E-state index in [0.717, 1.165) is 23.9 Å². The Kier molecular flexibility index (Phi) is 3.92. The molecule has 3 rings (SSSR count). The third-order valence-electron chi connectivity index (χ3n) is 4.11. The van der Waals surface area contributed by atoms with E-state index in [1.54, 1.807) is 4.90 Å². The van der Waals surface area contributed by atoms with Gasteiger partial charge in [0.05, 0.1) is 11.0 Å². The van der Waals surface area contributed by atoms with E-state index in [2.05, 4.69) is 4.98 Å². The number of piperidine rings is 1. The van der Waals surface area contributed by atoms with Gasteiger partial charge in [-0.2, -0.15) is 0 Å². The fraction of sp³-hybridized carbons (Fsp3) is 0.529. The summed E-state index contributed by atoms with van der Waals surface area (Å²) in [5.74, 6) is 0. The van der Waals surface area contributed by atoms with Crippen molar-refractivity contribution in [2.75, 3.05) is 13.1 Å². The molecular formula is C17H25N3O3. The van der Waals surface area contributed by atoms with Gasteiger partial charge < -0.3 is 14.6 Å². The highest BCUT2D eigenvalue weighted by atomic mass is 16.6. The van der Waals surface area contributed by atoms with Gasteiger partial charge in [-0.05, 0) is 45.7 Å². The number of carbonyl (C=O) groups excluding carboxylic acids is 1. The Morgan fingerprint density at radius 2 is 1.91 bits per heavy atom. The predicted octanol–water partition coefficient (Wildman–Crippen LogP) is 3.15. The van der Waals surface area contributed by atoms with Gasteiger partial charge in [-0.3, -0.25) is 4.57 Å². The molecule has 1 aliphatic heterocycles. The quantitative estimate of drug-likeness (QED) is 0.878. The minimum absolute atomic E-state index is 0. The van der Waals surface area contributed by atoms with Crippen molar-refractivity contribution in [3.8, 4) is 0 Å². The number of nitrogens with zero attached hydrogens (tertiary/aromatic N) is 2. The second-order valence-electron chi connectivity index (χ2n) is 7.02. The molecule has 0 aliphatic carbocycles. The van der Waals surface area contributed by atoms with Crippen LogP contribution in [0.2, 0.25) is 0 Å². The van der Waals surface area contributed by atoms with Gasteiger partial charge in [-0.25, -0.2) is 9.59 Å². The first kappa shape index (κ1) is 15.6. The summed E-state index contributed by atoms with van der Waals surface area (Å²) in [6.07, 6.45) is 1.23. The second-order valence-corrected chi connectivity index (χ2v) is 7.02. The van der Waals surface area contributed by atoms with Crippen LogP contribution in [0.1, 0.15) is 41.1 Å². The number of ether oxygens (including phenoxy) is 1. The lowest BCUT2D eigenvalue weighted by atomic mass is 10.0. The summed E-state index contributed by atoms with van der Waals surface area (Å²) in [5.41, 5.74) is 1.21. The molecule has 1 fully saturated rings. The Labute approximate surface area is 136 Å². The van der Waals surface area contributed by atoms with Gasteiger partial charge in [-0.15, -0.1) is 0 Å². The summed E-state index contributed by atoms with van der Waals surface area (Å²) in [5, 5.41) is 0. The zero-order valence-corrected chi connectivity index (χ0v) is 13.8. The molecule has 23 heavy (non-hydrogen) atoms. The van der Waals surface area contributed by atoms with Crippen molar-refractivity contribution < 1.29 is 11.0 Å². The number of aromatic amines is 1. The Bertz CT molecular complexity index is 767. The molecule has 6 heteroatoms. The van der Waals surface area contributed by atoms with E-state index in [9.17, 15) is 9.59 Å². The predicted molar refractivity (Wildman–Crippen MR) is 90.8 cm³/mol. The van der Waals surface area contributed by atoms with Crippen LogP contribution in [0.3, 0.4) is 0 Å². The van der Waals surface area contributed by atoms with Gasteiger partial charge in [0.15, 0.2) is 0 Å². The van der Waals surface area contributed by atoms with E-state index < -0.39 is 5.60 Å². The van der Waals surface area contributed by atoms with Gasteiger partial charge in [0.2, 0.25) is 0 Å². The van der Waals surface area contributed by atoms with Crippen molar-refractivity contribution in [1.82, 2.24) is 14.5 Å². The maximum absolute atomic E-state index is 12.2. The van der Waals surface area contributed by atoms with Crippen LogP contribution in [0.15, 0.2) is 29.1 Å². The molecule has 0 bridgehead atoms.